The number of amides is 3. The van der Waals surface area contributed by atoms with Crippen LogP contribution in [-0.2, 0) is 6.54 Å². The van der Waals surface area contributed by atoms with Crippen LogP contribution in [0, 0.1) is 0 Å². The van der Waals surface area contributed by atoms with Crippen LogP contribution in [0.2, 0.25) is 0 Å². The minimum Gasteiger partial charge on any atom is -0.338 e. The molecule has 0 saturated heterocycles. The lowest BCUT2D eigenvalue weighted by atomic mass is 10.0. The molecule has 2 N–H and O–H groups in total. The summed E-state index contributed by atoms with van der Waals surface area (Å²) in [6.07, 6.45) is 0. The third-order valence-electron chi connectivity index (χ3n) is 4.38. The molecule has 1 aliphatic heterocycles. The van der Waals surface area contributed by atoms with Crippen LogP contribution in [0.1, 0.15) is 48.2 Å². The Morgan fingerprint density at radius 2 is 1.88 bits per heavy atom. The topological polar surface area (TPSA) is 61.4 Å². The maximum Gasteiger partial charge on any atom is 0.319 e. The highest BCUT2D eigenvalue weighted by Crippen LogP contribution is 2.31. The summed E-state index contributed by atoms with van der Waals surface area (Å²) >= 11 is 0. The first-order valence-electron chi connectivity index (χ1n) is 8.59. The smallest absolute Gasteiger partial charge is 0.319 e. The van der Waals surface area contributed by atoms with Crippen LogP contribution in [0.4, 0.5) is 16.2 Å². The number of anilines is 2. The summed E-state index contributed by atoms with van der Waals surface area (Å²) in [5.41, 5.74) is 4.38. The minimum atomic E-state index is -0.269. The molecule has 0 fully saturated rings. The van der Waals surface area contributed by atoms with Crippen molar-refractivity contribution in [2.75, 3.05) is 16.8 Å². The molecule has 0 aromatic heterocycles. The van der Waals surface area contributed by atoms with E-state index in [9.17, 15) is 9.59 Å². The number of hydrogen-bond acceptors (Lipinski definition) is 2. The van der Waals surface area contributed by atoms with Crippen LogP contribution in [0.25, 0.3) is 0 Å². The summed E-state index contributed by atoms with van der Waals surface area (Å²) < 4.78 is 0. The van der Waals surface area contributed by atoms with Gasteiger partial charge in [0, 0.05) is 23.5 Å². The Bertz CT molecular complexity index is 797. The van der Waals surface area contributed by atoms with Crippen LogP contribution in [0.5, 0.6) is 0 Å². The van der Waals surface area contributed by atoms with Gasteiger partial charge in [-0.15, -0.1) is 0 Å². The van der Waals surface area contributed by atoms with Gasteiger partial charge in [0.2, 0.25) is 0 Å². The monoisotopic (exact) mass is 337 g/mol. The molecule has 2 aromatic carbocycles. The molecule has 0 radical (unpaired) electrons. The second kappa shape index (κ2) is 6.97. The summed E-state index contributed by atoms with van der Waals surface area (Å²) in [7, 11) is 0. The molecule has 5 nitrogen and oxygen atoms in total. The Labute approximate surface area is 148 Å². The largest absolute Gasteiger partial charge is 0.338 e. The maximum atomic E-state index is 12.8. The molecular weight excluding hydrogens is 314 g/mol. The number of carbonyl (C=O) groups excluding carboxylic acids is 2. The second-order valence-corrected chi connectivity index (χ2v) is 6.49. The van der Waals surface area contributed by atoms with E-state index in [-0.39, 0.29) is 11.9 Å². The van der Waals surface area contributed by atoms with Gasteiger partial charge in [-0.25, -0.2) is 4.79 Å². The fourth-order valence-electron chi connectivity index (χ4n) is 2.96. The highest BCUT2D eigenvalue weighted by molar-refractivity contribution is 6.10. The van der Waals surface area contributed by atoms with Gasteiger partial charge in [0.25, 0.3) is 5.91 Å². The van der Waals surface area contributed by atoms with E-state index in [4.69, 9.17) is 0 Å². The zero-order chi connectivity index (χ0) is 18.0. The minimum absolute atomic E-state index is 0.0353. The fraction of sp³-hybridized carbons (Fsp3) is 0.300. The fourth-order valence-corrected chi connectivity index (χ4v) is 2.96. The SMILES string of the molecule is CCNC(=O)Nc1ccc2c(c1)C(=O)N(c1ccc(C(C)C)cc1)C2. The van der Waals surface area contributed by atoms with Gasteiger partial charge in [-0.3, -0.25) is 4.79 Å². The molecule has 130 valence electrons. The van der Waals surface area contributed by atoms with Crippen molar-refractivity contribution < 1.29 is 9.59 Å². The molecular formula is C20H23N3O2. The third-order valence-corrected chi connectivity index (χ3v) is 4.38. The maximum absolute atomic E-state index is 12.8. The van der Waals surface area contributed by atoms with Crippen molar-refractivity contribution in [3.05, 3.63) is 59.2 Å². The Morgan fingerprint density at radius 3 is 2.52 bits per heavy atom. The van der Waals surface area contributed by atoms with E-state index in [0.29, 0.717) is 30.3 Å². The highest BCUT2D eigenvalue weighted by atomic mass is 16.2. The molecule has 5 heteroatoms. The van der Waals surface area contributed by atoms with E-state index in [1.807, 2.05) is 31.2 Å². The predicted molar refractivity (Wildman–Crippen MR) is 100 cm³/mol. The van der Waals surface area contributed by atoms with Gasteiger partial charge in [0.1, 0.15) is 0 Å². The number of hydrogen-bond donors (Lipinski definition) is 2. The Morgan fingerprint density at radius 1 is 1.16 bits per heavy atom. The molecule has 25 heavy (non-hydrogen) atoms. The number of nitrogens with zero attached hydrogens (tertiary/aromatic N) is 1. The average Bonchev–Trinajstić information content (AvgIpc) is 2.92. The summed E-state index contributed by atoms with van der Waals surface area (Å²) in [4.78, 5) is 26.2. The molecule has 3 amide bonds. The third kappa shape index (κ3) is 3.50. The molecule has 0 bridgehead atoms. The molecule has 2 aromatic rings. The lowest BCUT2D eigenvalue weighted by Gasteiger charge is -2.16. The first-order chi connectivity index (χ1) is 12.0. The van der Waals surface area contributed by atoms with Gasteiger partial charge in [-0.2, -0.15) is 0 Å². The molecule has 3 rings (SSSR count). The standard InChI is InChI=1S/C20H23N3O2/c1-4-21-20(25)22-16-8-5-15-12-23(19(24)18(15)11-16)17-9-6-14(7-10-17)13(2)3/h5-11,13H,4,12H2,1-3H3,(H2,21,22,25). The molecule has 0 aliphatic carbocycles. The van der Waals surface area contributed by atoms with Crippen molar-refractivity contribution >= 4 is 23.3 Å². The van der Waals surface area contributed by atoms with E-state index in [0.717, 1.165) is 11.3 Å². The van der Waals surface area contributed by atoms with Gasteiger partial charge < -0.3 is 15.5 Å². The lowest BCUT2D eigenvalue weighted by molar-refractivity contribution is 0.0996. The van der Waals surface area contributed by atoms with E-state index < -0.39 is 0 Å². The average molecular weight is 337 g/mol. The van der Waals surface area contributed by atoms with Crippen molar-refractivity contribution in [2.45, 2.75) is 33.2 Å². The molecule has 0 saturated carbocycles. The summed E-state index contributed by atoms with van der Waals surface area (Å²) in [6.45, 7) is 7.25. The van der Waals surface area contributed by atoms with Crippen LogP contribution < -0.4 is 15.5 Å². The second-order valence-electron chi connectivity index (χ2n) is 6.49. The zero-order valence-corrected chi connectivity index (χ0v) is 14.8. The number of rotatable bonds is 4. The first kappa shape index (κ1) is 17.0. The highest BCUT2D eigenvalue weighted by Gasteiger charge is 2.28. The molecule has 0 spiro atoms. The quantitative estimate of drug-likeness (QED) is 0.882. The Hall–Kier alpha value is -2.82. The van der Waals surface area contributed by atoms with Gasteiger partial charge in [0.05, 0.1) is 6.54 Å². The normalized spacial score (nSPS) is 13.1. The van der Waals surface area contributed by atoms with Gasteiger partial charge in [0.15, 0.2) is 0 Å². The van der Waals surface area contributed by atoms with E-state index in [2.05, 4.69) is 36.6 Å². The van der Waals surface area contributed by atoms with Crippen LogP contribution in [0.3, 0.4) is 0 Å². The molecule has 0 atom stereocenters. The van der Waals surface area contributed by atoms with E-state index in [1.165, 1.54) is 5.56 Å². The lowest BCUT2D eigenvalue weighted by Crippen LogP contribution is -2.28. The Kier molecular flexibility index (Phi) is 4.74. The van der Waals surface area contributed by atoms with E-state index >= 15 is 0 Å². The van der Waals surface area contributed by atoms with Crippen molar-refractivity contribution in [3.8, 4) is 0 Å². The number of nitrogens with one attached hydrogen (secondary N) is 2. The number of benzene rings is 2. The zero-order valence-electron chi connectivity index (χ0n) is 14.8. The van der Waals surface area contributed by atoms with Gasteiger partial charge in [-0.1, -0.05) is 32.0 Å². The van der Waals surface area contributed by atoms with Gasteiger partial charge >= 0.3 is 6.03 Å². The van der Waals surface area contributed by atoms with Crippen LogP contribution >= 0.6 is 0 Å². The number of urea groups is 1. The molecule has 1 heterocycles. The van der Waals surface area contributed by atoms with Crippen LogP contribution in [0.15, 0.2) is 42.5 Å². The van der Waals surface area contributed by atoms with Crippen molar-refractivity contribution in [3.63, 3.8) is 0 Å². The first-order valence-corrected chi connectivity index (χ1v) is 8.59. The predicted octanol–water partition coefficient (Wildman–Crippen LogP) is 4.11. The van der Waals surface area contributed by atoms with E-state index in [1.54, 1.807) is 11.0 Å². The van der Waals surface area contributed by atoms with Crippen molar-refractivity contribution in [1.82, 2.24) is 5.32 Å². The Balaban J connectivity index is 1.80. The molecule has 1 aliphatic rings. The van der Waals surface area contributed by atoms with Crippen molar-refractivity contribution in [1.29, 1.82) is 0 Å². The summed E-state index contributed by atoms with van der Waals surface area (Å²) in [6, 6.07) is 13.3. The van der Waals surface area contributed by atoms with Gasteiger partial charge in [-0.05, 0) is 48.2 Å². The number of carbonyl (C=O) groups is 2. The van der Waals surface area contributed by atoms with Crippen molar-refractivity contribution in [2.24, 2.45) is 0 Å². The number of fused-ring (bicyclic) bond motifs is 1. The summed E-state index contributed by atoms with van der Waals surface area (Å²) in [5.74, 6) is 0.426. The molecule has 0 unspecified atom stereocenters. The van der Waals surface area contributed by atoms with Crippen LogP contribution in [-0.4, -0.2) is 18.5 Å². The summed E-state index contributed by atoms with van der Waals surface area (Å²) in [5, 5.41) is 5.42.